The monoisotopic (exact) mass is 268 g/mol. The van der Waals surface area contributed by atoms with E-state index in [2.05, 4.69) is 20.8 Å². The van der Waals surface area contributed by atoms with Crippen LogP contribution >= 0.6 is 11.6 Å². The number of halogens is 1. The molecule has 2 N–H and O–H groups in total. The van der Waals surface area contributed by atoms with Crippen LogP contribution < -0.4 is 15.4 Å². The molecule has 2 aromatic rings. The van der Waals surface area contributed by atoms with Crippen LogP contribution in [0.5, 0.6) is 5.75 Å². The third-order valence-corrected chi connectivity index (χ3v) is 2.51. The lowest BCUT2D eigenvalue weighted by molar-refractivity contribution is 0.415. The van der Waals surface area contributed by atoms with Crippen molar-refractivity contribution in [3.05, 3.63) is 29.1 Å². The van der Waals surface area contributed by atoms with Crippen molar-refractivity contribution in [2.45, 2.75) is 6.54 Å². The van der Waals surface area contributed by atoms with Gasteiger partial charge in [-0.25, -0.2) is 0 Å². The number of nitrogens with one attached hydrogen (secondary N) is 2. The maximum atomic E-state index is 5.93. The van der Waals surface area contributed by atoms with Gasteiger partial charge in [0.15, 0.2) is 0 Å². The molecule has 0 saturated carbocycles. The van der Waals surface area contributed by atoms with Crippen molar-refractivity contribution in [3.63, 3.8) is 0 Å². The molecule has 1 aromatic carbocycles. The Morgan fingerprint density at radius 1 is 1.39 bits per heavy atom. The molecule has 0 aliphatic rings. The molecule has 0 atom stereocenters. The van der Waals surface area contributed by atoms with Crippen LogP contribution in [-0.4, -0.2) is 24.4 Å². The highest BCUT2D eigenvalue weighted by molar-refractivity contribution is 6.32. The Hall–Kier alpha value is -1.79. The van der Waals surface area contributed by atoms with Gasteiger partial charge in [-0.15, -0.1) is 5.10 Å². The summed E-state index contributed by atoms with van der Waals surface area (Å²) in [6, 6.07) is 5.61. The summed E-state index contributed by atoms with van der Waals surface area (Å²) in [5.41, 5.74) is 0.760. The summed E-state index contributed by atoms with van der Waals surface area (Å²) in [5.74, 6) is 1.09. The van der Waals surface area contributed by atoms with E-state index in [0.717, 1.165) is 5.69 Å². The standard InChI is InChI=1S/C11H13ClN4O2/c1-13-6-10-15-16-11(18-10)14-7-3-4-8(12)9(5-7)17-2/h3-5,13H,6H2,1-2H3,(H,14,16). The van der Waals surface area contributed by atoms with Crippen molar-refractivity contribution in [2.75, 3.05) is 19.5 Å². The highest BCUT2D eigenvalue weighted by atomic mass is 35.5. The highest BCUT2D eigenvalue weighted by Gasteiger charge is 2.07. The summed E-state index contributed by atoms with van der Waals surface area (Å²) < 4.78 is 10.5. The Labute approximate surface area is 109 Å². The fraction of sp³-hybridized carbons (Fsp3) is 0.273. The largest absolute Gasteiger partial charge is 0.495 e. The van der Waals surface area contributed by atoms with Crippen LogP contribution in [0, 0.1) is 0 Å². The zero-order valence-electron chi connectivity index (χ0n) is 10.0. The molecule has 7 heteroatoms. The van der Waals surface area contributed by atoms with Crippen molar-refractivity contribution in [2.24, 2.45) is 0 Å². The zero-order valence-corrected chi connectivity index (χ0v) is 10.8. The number of methoxy groups -OCH3 is 1. The third kappa shape index (κ3) is 2.91. The lowest BCUT2D eigenvalue weighted by Gasteiger charge is -2.06. The van der Waals surface area contributed by atoms with Crippen LogP contribution in [0.4, 0.5) is 11.7 Å². The second kappa shape index (κ2) is 5.70. The molecular formula is C11H13ClN4O2. The van der Waals surface area contributed by atoms with Crippen LogP contribution in [0.15, 0.2) is 22.6 Å². The first-order valence-electron chi connectivity index (χ1n) is 5.30. The first-order valence-corrected chi connectivity index (χ1v) is 5.68. The van der Waals surface area contributed by atoms with E-state index in [0.29, 0.717) is 29.2 Å². The average molecular weight is 269 g/mol. The Morgan fingerprint density at radius 2 is 2.22 bits per heavy atom. The number of ether oxygens (including phenoxy) is 1. The summed E-state index contributed by atoms with van der Waals surface area (Å²) in [6.07, 6.45) is 0. The van der Waals surface area contributed by atoms with Crippen molar-refractivity contribution in [1.82, 2.24) is 15.5 Å². The molecule has 0 unspecified atom stereocenters. The number of benzene rings is 1. The van der Waals surface area contributed by atoms with Gasteiger partial charge >= 0.3 is 6.01 Å². The maximum Gasteiger partial charge on any atom is 0.320 e. The van der Waals surface area contributed by atoms with Crippen molar-refractivity contribution in [1.29, 1.82) is 0 Å². The van der Waals surface area contributed by atoms with Gasteiger partial charge in [0.2, 0.25) is 5.89 Å². The van der Waals surface area contributed by atoms with Crippen molar-refractivity contribution in [3.8, 4) is 5.75 Å². The predicted octanol–water partition coefficient (Wildman–Crippen LogP) is 2.19. The minimum Gasteiger partial charge on any atom is -0.495 e. The summed E-state index contributed by atoms with van der Waals surface area (Å²) >= 11 is 5.93. The van der Waals surface area contributed by atoms with Gasteiger partial charge in [-0.1, -0.05) is 16.7 Å². The number of nitrogens with zero attached hydrogens (tertiary/aromatic N) is 2. The van der Waals surface area contributed by atoms with E-state index in [1.54, 1.807) is 32.4 Å². The number of aromatic nitrogens is 2. The minimum atomic E-state index is 0.324. The molecule has 0 aliphatic heterocycles. The maximum absolute atomic E-state index is 5.93. The highest BCUT2D eigenvalue weighted by Crippen LogP contribution is 2.28. The molecule has 0 radical (unpaired) electrons. The van der Waals surface area contributed by atoms with Crippen LogP contribution in [-0.2, 0) is 6.54 Å². The van der Waals surface area contributed by atoms with Crippen molar-refractivity contribution >= 4 is 23.3 Å². The van der Waals surface area contributed by atoms with Crippen LogP contribution in [0.3, 0.4) is 0 Å². The van der Waals surface area contributed by atoms with E-state index in [4.69, 9.17) is 20.8 Å². The molecular weight excluding hydrogens is 256 g/mol. The van der Waals surface area contributed by atoms with Gasteiger partial charge in [-0.2, -0.15) is 0 Å². The average Bonchev–Trinajstić information content (AvgIpc) is 2.80. The molecule has 96 valence electrons. The second-order valence-electron chi connectivity index (χ2n) is 3.51. The van der Waals surface area contributed by atoms with E-state index in [9.17, 15) is 0 Å². The van der Waals surface area contributed by atoms with Gasteiger partial charge in [0.25, 0.3) is 0 Å². The SMILES string of the molecule is CNCc1nnc(Nc2ccc(Cl)c(OC)c2)o1. The molecule has 6 nitrogen and oxygen atoms in total. The summed E-state index contributed by atoms with van der Waals surface area (Å²) in [6.45, 7) is 0.526. The summed E-state index contributed by atoms with van der Waals surface area (Å²) in [7, 11) is 3.37. The summed E-state index contributed by atoms with van der Waals surface area (Å²) in [4.78, 5) is 0. The van der Waals surface area contributed by atoms with Crippen molar-refractivity contribution < 1.29 is 9.15 Å². The molecule has 0 aliphatic carbocycles. The molecule has 18 heavy (non-hydrogen) atoms. The Morgan fingerprint density at radius 3 is 2.94 bits per heavy atom. The Bertz CT molecular complexity index is 530. The Kier molecular flexibility index (Phi) is 4.01. The van der Waals surface area contributed by atoms with Gasteiger partial charge in [-0.05, 0) is 19.2 Å². The lowest BCUT2D eigenvalue weighted by Crippen LogP contribution is -2.04. The van der Waals surface area contributed by atoms with E-state index >= 15 is 0 Å². The predicted molar refractivity (Wildman–Crippen MR) is 68.3 cm³/mol. The quantitative estimate of drug-likeness (QED) is 0.866. The zero-order chi connectivity index (χ0) is 13.0. The molecule has 0 fully saturated rings. The number of hydrogen-bond acceptors (Lipinski definition) is 6. The molecule has 0 spiro atoms. The lowest BCUT2D eigenvalue weighted by atomic mass is 10.3. The van der Waals surface area contributed by atoms with Crippen LogP contribution in [0.1, 0.15) is 5.89 Å². The first-order chi connectivity index (χ1) is 8.72. The normalized spacial score (nSPS) is 10.4. The van der Waals surface area contributed by atoms with Gasteiger partial charge in [0, 0.05) is 11.8 Å². The second-order valence-corrected chi connectivity index (χ2v) is 3.91. The van der Waals surface area contributed by atoms with Gasteiger partial charge in [0.05, 0.1) is 18.7 Å². The molecule has 1 aromatic heterocycles. The molecule has 0 amide bonds. The van der Waals surface area contributed by atoms with E-state index < -0.39 is 0 Å². The number of hydrogen-bond donors (Lipinski definition) is 2. The molecule has 2 rings (SSSR count). The smallest absolute Gasteiger partial charge is 0.320 e. The minimum absolute atomic E-state index is 0.324. The van der Waals surface area contributed by atoms with E-state index in [-0.39, 0.29) is 0 Å². The first kappa shape index (κ1) is 12.7. The van der Waals surface area contributed by atoms with Gasteiger partial charge < -0.3 is 19.8 Å². The third-order valence-electron chi connectivity index (χ3n) is 2.20. The number of anilines is 2. The van der Waals surface area contributed by atoms with Gasteiger partial charge in [-0.3, -0.25) is 0 Å². The molecule has 1 heterocycles. The van der Waals surface area contributed by atoms with Crippen LogP contribution in [0.25, 0.3) is 0 Å². The van der Waals surface area contributed by atoms with E-state index in [1.807, 2.05) is 0 Å². The molecule has 0 saturated heterocycles. The van der Waals surface area contributed by atoms with E-state index in [1.165, 1.54) is 0 Å². The summed E-state index contributed by atoms with van der Waals surface area (Å²) in [5, 5.41) is 14.2. The fourth-order valence-electron chi connectivity index (χ4n) is 1.39. The Balaban J connectivity index is 2.12. The molecule has 0 bridgehead atoms. The number of rotatable bonds is 5. The van der Waals surface area contributed by atoms with Gasteiger partial charge in [0.1, 0.15) is 5.75 Å². The van der Waals surface area contributed by atoms with Crippen LogP contribution in [0.2, 0.25) is 5.02 Å². The topological polar surface area (TPSA) is 72.2 Å². The fourth-order valence-corrected chi connectivity index (χ4v) is 1.58.